The molecule has 1 fully saturated rings. The zero-order valence-corrected chi connectivity index (χ0v) is 28.6. The van der Waals surface area contributed by atoms with Crippen molar-refractivity contribution in [1.82, 2.24) is 23.9 Å². The number of amides is 1. The Kier molecular flexibility index (Phi) is 9.87. The first kappa shape index (κ1) is 34.6. The van der Waals surface area contributed by atoms with Crippen molar-refractivity contribution in [3.05, 3.63) is 105 Å². The maximum atomic E-state index is 15.5. The minimum atomic E-state index is -0.925. The van der Waals surface area contributed by atoms with Crippen molar-refractivity contribution < 1.29 is 32.5 Å². The number of nitrogens with zero attached hydrogens (tertiary/aromatic N) is 5. The number of aryl methyl sites for hydroxylation is 1. The fourth-order valence-corrected chi connectivity index (χ4v) is 6.13. The fourth-order valence-electron chi connectivity index (χ4n) is 6.13. The Balaban J connectivity index is 1.09. The largest absolute Gasteiger partial charge is 0.489 e. The lowest BCUT2D eigenvalue weighted by Gasteiger charge is -2.32. The molecule has 270 valence electrons. The molecule has 1 N–H and O–H groups in total. The van der Waals surface area contributed by atoms with E-state index in [-0.39, 0.29) is 35.0 Å². The molecule has 0 atom stereocenters. The Hall–Kier alpha value is -5.80. The molecular weight excluding hydrogens is 678 g/mol. The van der Waals surface area contributed by atoms with E-state index in [0.29, 0.717) is 41.4 Å². The van der Waals surface area contributed by atoms with E-state index in [9.17, 15) is 18.8 Å². The average Bonchev–Trinajstić information content (AvgIpc) is 3.14. The molecule has 52 heavy (non-hydrogen) atoms. The quantitative estimate of drug-likeness (QED) is 0.210. The van der Waals surface area contributed by atoms with Crippen LogP contribution in [0.2, 0.25) is 0 Å². The Morgan fingerprint density at radius 2 is 1.65 bits per heavy atom. The summed E-state index contributed by atoms with van der Waals surface area (Å²) in [5, 5.41) is 2.97. The third kappa shape index (κ3) is 7.18. The van der Waals surface area contributed by atoms with Crippen LogP contribution in [0.3, 0.4) is 0 Å². The zero-order chi connectivity index (χ0) is 36.4. The van der Waals surface area contributed by atoms with Gasteiger partial charge in [0.15, 0.2) is 23.1 Å². The number of carbonyl (C=O) groups excluding carboxylic acids is 1. The number of hydrogen-bond acceptors (Lipinski definition) is 10. The number of nitrogens with one attached hydrogen (secondary N) is 1. The Bertz CT molecular complexity index is 2250. The molecule has 0 bridgehead atoms. The molecule has 0 aliphatic carbocycles. The second kappa shape index (κ2) is 14.8. The first-order valence-corrected chi connectivity index (χ1v) is 16.8. The minimum Gasteiger partial charge on any atom is -0.489 e. The van der Waals surface area contributed by atoms with Gasteiger partial charge in [-0.2, -0.15) is 0 Å². The van der Waals surface area contributed by atoms with Gasteiger partial charge in [-0.25, -0.2) is 18.1 Å². The van der Waals surface area contributed by atoms with E-state index in [1.807, 2.05) is 0 Å². The standard InChI is InChI=1S/C37H36F2N6O7/c1-42-13-15-44(16-14-42)12-3-17-49-31-21-28-32(34-33(31)50-18-19-51-34)30(10-11-40-28)52-29-9-6-24(20-27(29)39)41-35(46)26-22-43(2)37(48)45(36(26)47)25-7-4-23(38)5-8-25/h4-11,20-22H,3,12-19H2,1-2H3,(H,41,46). The second-order valence-corrected chi connectivity index (χ2v) is 12.5. The van der Waals surface area contributed by atoms with Gasteiger partial charge in [0, 0.05) is 70.0 Å². The van der Waals surface area contributed by atoms with Crippen molar-refractivity contribution in [2.75, 3.05) is 64.9 Å². The predicted octanol–water partition coefficient (Wildman–Crippen LogP) is 4.19. The van der Waals surface area contributed by atoms with Gasteiger partial charge in [0.2, 0.25) is 5.75 Å². The Morgan fingerprint density at radius 1 is 0.904 bits per heavy atom. The van der Waals surface area contributed by atoms with Crippen LogP contribution < -0.4 is 35.5 Å². The summed E-state index contributed by atoms with van der Waals surface area (Å²) in [6.07, 6.45) is 3.45. The number of hydrogen-bond donors (Lipinski definition) is 1. The number of aromatic nitrogens is 3. The zero-order valence-electron chi connectivity index (χ0n) is 28.6. The maximum Gasteiger partial charge on any atom is 0.335 e. The fraction of sp³-hybridized carbons (Fsp3) is 0.297. The molecule has 0 saturated carbocycles. The van der Waals surface area contributed by atoms with Gasteiger partial charge in [0.05, 0.1) is 23.2 Å². The number of rotatable bonds is 10. The third-order valence-corrected chi connectivity index (χ3v) is 8.90. The van der Waals surface area contributed by atoms with Crippen LogP contribution in [0.25, 0.3) is 16.6 Å². The number of carbonyl (C=O) groups is 1. The van der Waals surface area contributed by atoms with Gasteiger partial charge in [0.1, 0.15) is 30.3 Å². The van der Waals surface area contributed by atoms with Crippen molar-refractivity contribution in [2.45, 2.75) is 6.42 Å². The molecule has 4 heterocycles. The van der Waals surface area contributed by atoms with Crippen LogP contribution in [-0.4, -0.2) is 89.4 Å². The molecular formula is C37H36F2N6O7. The van der Waals surface area contributed by atoms with Crippen LogP contribution in [0, 0.1) is 11.6 Å². The summed E-state index contributed by atoms with van der Waals surface area (Å²) in [5.41, 5.74) is -1.44. The Labute approximate surface area is 296 Å². The molecule has 1 amide bonds. The first-order chi connectivity index (χ1) is 25.2. The molecule has 0 unspecified atom stereocenters. The van der Waals surface area contributed by atoms with Crippen LogP contribution in [-0.2, 0) is 7.05 Å². The van der Waals surface area contributed by atoms with E-state index in [1.54, 1.807) is 12.1 Å². The van der Waals surface area contributed by atoms with Crippen molar-refractivity contribution in [1.29, 1.82) is 0 Å². The van der Waals surface area contributed by atoms with Crippen LogP contribution in [0.5, 0.6) is 28.7 Å². The van der Waals surface area contributed by atoms with Gasteiger partial charge in [-0.15, -0.1) is 0 Å². The summed E-state index contributed by atoms with van der Waals surface area (Å²) in [4.78, 5) is 48.4. The lowest BCUT2D eigenvalue weighted by molar-refractivity contribution is 0.102. The van der Waals surface area contributed by atoms with E-state index in [1.165, 1.54) is 37.5 Å². The highest BCUT2D eigenvalue weighted by molar-refractivity contribution is 6.04. The summed E-state index contributed by atoms with van der Waals surface area (Å²) in [6.45, 7) is 6.18. The van der Waals surface area contributed by atoms with Crippen LogP contribution in [0.1, 0.15) is 16.8 Å². The van der Waals surface area contributed by atoms with E-state index < -0.39 is 28.8 Å². The molecule has 2 aromatic heterocycles. The SMILES string of the molecule is CN1CCN(CCCOc2cc3nccc(Oc4ccc(NC(=O)c5cn(C)c(=O)n(-c6ccc(F)cc6)c5=O)cc4F)c3c3c2OCCO3)CC1. The van der Waals surface area contributed by atoms with Gasteiger partial charge < -0.3 is 38.6 Å². The van der Waals surface area contributed by atoms with E-state index >= 15 is 4.39 Å². The summed E-state index contributed by atoms with van der Waals surface area (Å²) in [7, 11) is 3.50. The number of benzene rings is 3. The summed E-state index contributed by atoms with van der Waals surface area (Å²) in [5.74, 6) is -0.835. The van der Waals surface area contributed by atoms with Crippen LogP contribution in [0.15, 0.2) is 76.6 Å². The number of piperazine rings is 1. The third-order valence-electron chi connectivity index (χ3n) is 8.90. The maximum absolute atomic E-state index is 15.5. The number of fused-ring (bicyclic) bond motifs is 3. The summed E-state index contributed by atoms with van der Waals surface area (Å²) < 4.78 is 55.0. The Morgan fingerprint density at radius 3 is 2.40 bits per heavy atom. The van der Waals surface area contributed by atoms with Gasteiger partial charge in [0.25, 0.3) is 11.5 Å². The van der Waals surface area contributed by atoms with Gasteiger partial charge in [-0.3, -0.25) is 14.6 Å². The van der Waals surface area contributed by atoms with E-state index in [4.69, 9.17) is 18.9 Å². The molecule has 3 aromatic carbocycles. The normalized spacial score (nSPS) is 14.7. The van der Waals surface area contributed by atoms with Crippen molar-refractivity contribution in [3.63, 3.8) is 0 Å². The van der Waals surface area contributed by atoms with Crippen molar-refractivity contribution in [3.8, 4) is 34.4 Å². The van der Waals surface area contributed by atoms with Crippen molar-refractivity contribution in [2.24, 2.45) is 7.05 Å². The number of ether oxygens (including phenoxy) is 4. The van der Waals surface area contributed by atoms with Gasteiger partial charge >= 0.3 is 5.69 Å². The molecule has 1 saturated heterocycles. The minimum absolute atomic E-state index is 0.0274. The first-order valence-electron chi connectivity index (χ1n) is 16.8. The highest BCUT2D eigenvalue weighted by Crippen LogP contribution is 2.48. The van der Waals surface area contributed by atoms with Gasteiger partial charge in [-0.05, 0) is 55.9 Å². The number of halogens is 2. The van der Waals surface area contributed by atoms with Crippen LogP contribution >= 0.6 is 0 Å². The summed E-state index contributed by atoms with van der Waals surface area (Å²) >= 11 is 0. The molecule has 0 spiro atoms. The number of likely N-dealkylation sites (N-methyl/N-ethyl adjacent to an activating group) is 1. The molecule has 13 nitrogen and oxygen atoms in total. The smallest absolute Gasteiger partial charge is 0.335 e. The average molecular weight is 715 g/mol. The monoisotopic (exact) mass is 714 g/mol. The second-order valence-electron chi connectivity index (χ2n) is 12.5. The highest BCUT2D eigenvalue weighted by atomic mass is 19.1. The molecule has 2 aliphatic rings. The topological polar surface area (TPSA) is 129 Å². The highest BCUT2D eigenvalue weighted by Gasteiger charge is 2.26. The van der Waals surface area contributed by atoms with Gasteiger partial charge in [-0.1, -0.05) is 0 Å². The van der Waals surface area contributed by atoms with E-state index in [2.05, 4.69) is 27.1 Å². The summed E-state index contributed by atoms with van der Waals surface area (Å²) in [6, 6.07) is 11.8. The molecule has 0 radical (unpaired) electrons. The number of anilines is 1. The van der Waals surface area contributed by atoms with E-state index in [0.717, 1.165) is 72.7 Å². The molecule has 15 heteroatoms. The van der Waals surface area contributed by atoms with Crippen LogP contribution in [0.4, 0.5) is 14.5 Å². The molecule has 7 rings (SSSR count). The molecule has 5 aromatic rings. The van der Waals surface area contributed by atoms with Crippen molar-refractivity contribution >= 4 is 22.5 Å². The lowest BCUT2D eigenvalue weighted by atomic mass is 10.1. The predicted molar refractivity (Wildman–Crippen MR) is 188 cm³/mol. The molecule has 2 aliphatic heterocycles. The lowest BCUT2D eigenvalue weighted by Crippen LogP contribution is -2.44. The number of pyridine rings is 1.